The first-order valence-electron chi connectivity index (χ1n) is 9.55. The summed E-state index contributed by atoms with van der Waals surface area (Å²) in [6, 6.07) is 20.2. The molecule has 4 nitrogen and oxygen atoms in total. The molecule has 0 aliphatic rings. The van der Waals surface area contributed by atoms with Crippen LogP contribution in [0.25, 0.3) is 11.1 Å². The van der Waals surface area contributed by atoms with Crippen LogP contribution in [0.4, 0.5) is 13.2 Å². The van der Waals surface area contributed by atoms with Crippen molar-refractivity contribution in [2.75, 3.05) is 0 Å². The Kier molecular flexibility index (Phi) is 6.74. The number of rotatable bonds is 7. The summed E-state index contributed by atoms with van der Waals surface area (Å²) >= 11 is 0. The third-order valence-corrected chi connectivity index (χ3v) is 4.75. The maximum atomic E-state index is 12.8. The molecule has 3 rings (SSSR count). The maximum Gasteiger partial charge on any atom is 0.416 e. The fourth-order valence-electron chi connectivity index (χ4n) is 3.19. The van der Waals surface area contributed by atoms with E-state index in [1.54, 1.807) is 12.1 Å². The van der Waals surface area contributed by atoms with Crippen LogP contribution >= 0.6 is 0 Å². The molecule has 0 aliphatic carbocycles. The van der Waals surface area contributed by atoms with Crippen LogP contribution < -0.4 is 5.32 Å². The van der Waals surface area contributed by atoms with Crippen molar-refractivity contribution < 1.29 is 27.9 Å². The fourth-order valence-corrected chi connectivity index (χ4v) is 3.19. The van der Waals surface area contributed by atoms with Gasteiger partial charge in [-0.25, -0.2) is 4.79 Å². The van der Waals surface area contributed by atoms with Gasteiger partial charge < -0.3 is 10.4 Å². The molecule has 3 aromatic rings. The van der Waals surface area contributed by atoms with Crippen molar-refractivity contribution in [2.45, 2.75) is 25.1 Å². The number of halogens is 3. The van der Waals surface area contributed by atoms with E-state index in [2.05, 4.69) is 5.32 Å². The van der Waals surface area contributed by atoms with Gasteiger partial charge in [-0.05, 0) is 28.3 Å². The second-order valence-electron chi connectivity index (χ2n) is 7.10. The van der Waals surface area contributed by atoms with Gasteiger partial charge in [0.2, 0.25) is 5.91 Å². The lowest BCUT2D eigenvalue weighted by molar-refractivity contribution is -0.141. The number of carbonyl (C=O) groups excluding carboxylic acids is 1. The summed E-state index contributed by atoms with van der Waals surface area (Å²) in [6.45, 7) is 0. The Morgan fingerprint density at radius 3 is 2.10 bits per heavy atom. The number of nitrogens with one attached hydrogen (secondary N) is 1. The van der Waals surface area contributed by atoms with E-state index < -0.39 is 29.7 Å². The zero-order chi connectivity index (χ0) is 22.4. The number of carboxylic acid groups (broad SMARTS) is 1. The highest BCUT2D eigenvalue weighted by atomic mass is 19.4. The number of hydrogen-bond donors (Lipinski definition) is 2. The van der Waals surface area contributed by atoms with Crippen LogP contribution in [0.1, 0.15) is 16.7 Å². The molecule has 2 N–H and O–H groups in total. The van der Waals surface area contributed by atoms with Gasteiger partial charge in [0.25, 0.3) is 0 Å². The van der Waals surface area contributed by atoms with Crippen LogP contribution in [-0.2, 0) is 28.6 Å². The van der Waals surface area contributed by atoms with E-state index in [9.17, 15) is 27.9 Å². The van der Waals surface area contributed by atoms with Gasteiger partial charge in [0.1, 0.15) is 6.04 Å². The zero-order valence-electron chi connectivity index (χ0n) is 16.4. The normalized spacial score (nSPS) is 12.2. The van der Waals surface area contributed by atoms with Crippen LogP contribution in [-0.4, -0.2) is 23.0 Å². The molecule has 160 valence electrons. The number of carboxylic acids is 1. The molecule has 0 bridgehead atoms. The molecule has 3 aromatic carbocycles. The summed E-state index contributed by atoms with van der Waals surface area (Å²) in [5.41, 5.74) is 2.02. The molecule has 0 fully saturated rings. The van der Waals surface area contributed by atoms with Crippen molar-refractivity contribution in [2.24, 2.45) is 0 Å². The quantitative estimate of drug-likeness (QED) is 0.573. The number of alkyl halides is 3. The predicted molar refractivity (Wildman–Crippen MR) is 110 cm³/mol. The smallest absolute Gasteiger partial charge is 0.416 e. The third-order valence-electron chi connectivity index (χ3n) is 4.75. The largest absolute Gasteiger partial charge is 0.480 e. The molecular formula is C24H20F3NO3. The Bertz CT molecular complexity index is 1050. The van der Waals surface area contributed by atoms with Crippen LogP contribution in [0.15, 0.2) is 78.9 Å². The second kappa shape index (κ2) is 9.47. The van der Waals surface area contributed by atoms with Gasteiger partial charge in [-0.2, -0.15) is 13.2 Å². The summed E-state index contributed by atoms with van der Waals surface area (Å²) in [5, 5.41) is 11.9. The second-order valence-corrected chi connectivity index (χ2v) is 7.10. The molecule has 0 spiro atoms. The van der Waals surface area contributed by atoms with E-state index in [1.165, 1.54) is 12.1 Å². The highest BCUT2D eigenvalue weighted by Gasteiger charge is 2.30. The molecule has 31 heavy (non-hydrogen) atoms. The maximum absolute atomic E-state index is 12.8. The predicted octanol–water partition coefficient (Wildman–Crippen LogP) is 4.73. The first kappa shape index (κ1) is 22.1. The van der Waals surface area contributed by atoms with E-state index in [0.717, 1.165) is 23.3 Å². The first-order valence-corrected chi connectivity index (χ1v) is 9.55. The van der Waals surface area contributed by atoms with Crippen LogP contribution in [0.2, 0.25) is 0 Å². The van der Waals surface area contributed by atoms with Gasteiger partial charge in [-0.3, -0.25) is 4.79 Å². The summed E-state index contributed by atoms with van der Waals surface area (Å²) in [7, 11) is 0. The van der Waals surface area contributed by atoms with E-state index in [1.807, 2.05) is 42.5 Å². The fraction of sp³-hybridized carbons (Fsp3) is 0.167. The van der Waals surface area contributed by atoms with Gasteiger partial charge >= 0.3 is 12.1 Å². The van der Waals surface area contributed by atoms with Crippen molar-refractivity contribution in [3.05, 3.63) is 95.6 Å². The van der Waals surface area contributed by atoms with Gasteiger partial charge in [-0.15, -0.1) is 0 Å². The topological polar surface area (TPSA) is 66.4 Å². The lowest BCUT2D eigenvalue weighted by atomic mass is 10.0. The van der Waals surface area contributed by atoms with Crippen molar-refractivity contribution >= 4 is 11.9 Å². The number of amides is 1. The number of aliphatic carboxylic acids is 1. The minimum absolute atomic E-state index is 0.0543. The van der Waals surface area contributed by atoms with Crippen molar-refractivity contribution in [3.63, 3.8) is 0 Å². The van der Waals surface area contributed by atoms with Crippen LogP contribution in [0.3, 0.4) is 0 Å². The molecule has 0 heterocycles. The minimum Gasteiger partial charge on any atom is -0.480 e. The summed E-state index contributed by atoms with van der Waals surface area (Å²) in [6.07, 6.45) is -4.80. The average Bonchev–Trinajstić information content (AvgIpc) is 2.74. The number of benzene rings is 3. The van der Waals surface area contributed by atoms with Crippen LogP contribution in [0.5, 0.6) is 0 Å². The highest BCUT2D eigenvalue weighted by Crippen LogP contribution is 2.29. The molecule has 1 amide bonds. The standard InChI is InChI=1S/C24H20F3NO3/c25-24(26,27)20-8-4-5-17(13-20)15-22(29)28-21(23(30)31)14-16-9-11-19(12-10-16)18-6-2-1-3-7-18/h1-13,21H,14-15H2,(H,28,29)(H,30,31)/t21-/m0/s1. The van der Waals surface area contributed by atoms with Crippen molar-refractivity contribution in [1.29, 1.82) is 0 Å². The summed E-state index contributed by atoms with van der Waals surface area (Å²) in [4.78, 5) is 23.9. The average molecular weight is 427 g/mol. The number of hydrogen-bond acceptors (Lipinski definition) is 2. The van der Waals surface area contributed by atoms with Crippen molar-refractivity contribution in [1.82, 2.24) is 5.32 Å². The highest BCUT2D eigenvalue weighted by molar-refractivity contribution is 5.85. The third kappa shape index (κ3) is 6.18. The van der Waals surface area contributed by atoms with Gasteiger partial charge in [-0.1, -0.05) is 72.8 Å². The zero-order valence-corrected chi connectivity index (χ0v) is 16.4. The van der Waals surface area contributed by atoms with E-state index in [4.69, 9.17) is 0 Å². The molecule has 0 aromatic heterocycles. The Morgan fingerprint density at radius 2 is 1.48 bits per heavy atom. The Balaban J connectivity index is 1.65. The Morgan fingerprint density at radius 1 is 0.839 bits per heavy atom. The molecule has 0 radical (unpaired) electrons. The molecule has 7 heteroatoms. The molecule has 1 atom stereocenters. The Labute approximate surface area is 177 Å². The van der Waals surface area contributed by atoms with Gasteiger partial charge in [0, 0.05) is 6.42 Å². The number of carbonyl (C=O) groups is 2. The Hall–Kier alpha value is -3.61. The summed E-state index contributed by atoms with van der Waals surface area (Å²) in [5.74, 6) is -1.88. The summed E-state index contributed by atoms with van der Waals surface area (Å²) < 4.78 is 38.5. The van der Waals surface area contributed by atoms with Crippen LogP contribution in [0, 0.1) is 0 Å². The van der Waals surface area contributed by atoms with E-state index in [0.29, 0.717) is 5.56 Å². The van der Waals surface area contributed by atoms with Gasteiger partial charge in [0.05, 0.1) is 12.0 Å². The lowest BCUT2D eigenvalue weighted by Crippen LogP contribution is -2.43. The molecule has 0 saturated carbocycles. The molecule has 0 aliphatic heterocycles. The SMILES string of the molecule is O=C(Cc1cccc(C(F)(F)F)c1)N[C@@H](Cc1ccc(-c2ccccc2)cc1)C(=O)O. The molecule has 0 saturated heterocycles. The van der Waals surface area contributed by atoms with E-state index >= 15 is 0 Å². The molecular weight excluding hydrogens is 407 g/mol. The van der Waals surface area contributed by atoms with Crippen molar-refractivity contribution in [3.8, 4) is 11.1 Å². The van der Waals surface area contributed by atoms with E-state index in [-0.39, 0.29) is 18.4 Å². The lowest BCUT2D eigenvalue weighted by Gasteiger charge is -2.15. The van der Waals surface area contributed by atoms with Gasteiger partial charge in [0.15, 0.2) is 0 Å². The monoisotopic (exact) mass is 427 g/mol. The minimum atomic E-state index is -4.51. The first-order chi connectivity index (χ1) is 14.7. The molecule has 0 unspecified atom stereocenters.